The Morgan fingerprint density at radius 3 is 2.38 bits per heavy atom. The Bertz CT molecular complexity index is 281. The second kappa shape index (κ2) is 4.07. The lowest BCUT2D eigenvalue weighted by molar-refractivity contribution is 0.283. The molecule has 0 saturated heterocycles. The lowest BCUT2D eigenvalue weighted by Gasteiger charge is -2.05. The highest BCUT2D eigenvalue weighted by atomic mass is 32.1. The largest absolute Gasteiger partial charge is 0.391 e. The van der Waals surface area contributed by atoms with Gasteiger partial charge in [0.2, 0.25) is 0 Å². The Kier molecular flexibility index (Phi) is 3.27. The molecule has 74 valence electrons. The van der Waals surface area contributed by atoms with Gasteiger partial charge < -0.3 is 10.0 Å². The number of aromatic nitrogens is 1. The molecular weight excluding hydrogens is 184 g/mol. The fourth-order valence-electron chi connectivity index (χ4n) is 1.11. The first-order valence-electron chi connectivity index (χ1n) is 4.34. The highest BCUT2D eigenvalue weighted by Crippen LogP contribution is 2.29. The maximum atomic E-state index is 9.11. The van der Waals surface area contributed by atoms with Gasteiger partial charge in [-0.1, -0.05) is 25.2 Å². The van der Waals surface area contributed by atoms with E-state index < -0.39 is 0 Å². The molecule has 0 atom stereocenters. The molecule has 0 aliphatic rings. The van der Waals surface area contributed by atoms with Gasteiger partial charge in [-0.05, 0) is 5.92 Å². The highest BCUT2D eigenvalue weighted by Gasteiger charge is 2.13. The maximum absolute atomic E-state index is 9.11. The van der Waals surface area contributed by atoms with Crippen molar-refractivity contribution >= 4 is 16.5 Å². The summed E-state index contributed by atoms with van der Waals surface area (Å²) in [6.07, 6.45) is 0. The van der Waals surface area contributed by atoms with E-state index in [1.807, 2.05) is 19.0 Å². The molecule has 1 heterocycles. The second-order valence-electron chi connectivity index (χ2n) is 3.51. The van der Waals surface area contributed by atoms with Gasteiger partial charge in [-0.25, -0.2) is 4.98 Å². The van der Waals surface area contributed by atoms with Gasteiger partial charge in [-0.3, -0.25) is 0 Å². The normalized spacial score (nSPS) is 10.9. The Morgan fingerprint density at radius 1 is 1.46 bits per heavy atom. The van der Waals surface area contributed by atoms with Gasteiger partial charge in [0, 0.05) is 14.1 Å². The van der Waals surface area contributed by atoms with Crippen LogP contribution in [-0.4, -0.2) is 24.2 Å². The van der Waals surface area contributed by atoms with Gasteiger partial charge in [-0.2, -0.15) is 0 Å². The van der Waals surface area contributed by atoms with Crippen LogP contribution in [0.15, 0.2) is 0 Å². The molecule has 3 nitrogen and oxygen atoms in total. The van der Waals surface area contributed by atoms with Crippen LogP contribution in [0.25, 0.3) is 0 Å². The van der Waals surface area contributed by atoms with Crippen LogP contribution in [-0.2, 0) is 6.61 Å². The van der Waals surface area contributed by atoms with E-state index in [1.165, 1.54) is 0 Å². The van der Waals surface area contributed by atoms with Crippen molar-refractivity contribution in [2.45, 2.75) is 26.4 Å². The predicted molar refractivity (Wildman–Crippen MR) is 56.5 cm³/mol. The lowest BCUT2D eigenvalue weighted by Crippen LogP contribution is -2.08. The summed E-state index contributed by atoms with van der Waals surface area (Å²) < 4.78 is 0. The van der Waals surface area contributed by atoms with E-state index in [0.29, 0.717) is 5.92 Å². The number of thiazole rings is 1. The molecule has 0 amide bonds. The van der Waals surface area contributed by atoms with Gasteiger partial charge in [0.05, 0.1) is 17.2 Å². The van der Waals surface area contributed by atoms with Crippen LogP contribution in [0.1, 0.15) is 30.3 Å². The van der Waals surface area contributed by atoms with Gasteiger partial charge in [0.15, 0.2) is 5.13 Å². The van der Waals surface area contributed by atoms with Crippen molar-refractivity contribution in [3.05, 3.63) is 10.6 Å². The van der Waals surface area contributed by atoms with Crippen molar-refractivity contribution in [3.8, 4) is 0 Å². The molecule has 13 heavy (non-hydrogen) atoms. The number of hydrogen-bond acceptors (Lipinski definition) is 4. The van der Waals surface area contributed by atoms with Crippen LogP contribution in [0.3, 0.4) is 0 Å². The highest BCUT2D eigenvalue weighted by molar-refractivity contribution is 7.15. The van der Waals surface area contributed by atoms with Gasteiger partial charge >= 0.3 is 0 Å². The molecule has 0 fully saturated rings. The monoisotopic (exact) mass is 200 g/mol. The summed E-state index contributed by atoms with van der Waals surface area (Å²) in [4.78, 5) is 7.42. The Balaban J connectivity index is 3.04. The number of aliphatic hydroxyl groups is 1. The third-order valence-corrected chi connectivity index (χ3v) is 3.01. The van der Waals surface area contributed by atoms with E-state index >= 15 is 0 Å². The molecule has 0 aromatic carbocycles. The summed E-state index contributed by atoms with van der Waals surface area (Å²) in [5.41, 5.74) is 1.02. The lowest BCUT2D eigenvalue weighted by atomic mass is 10.1. The van der Waals surface area contributed by atoms with Crippen molar-refractivity contribution in [1.82, 2.24) is 4.98 Å². The predicted octanol–water partition coefficient (Wildman–Crippen LogP) is 1.82. The van der Waals surface area contributed by atoms with E-state index in [0.717, 1.165) is 15.7 Å². The first kappa shape index (κ1) is 10.5. The van der Waals surface area contributed by atoms with Crippen LogP contribution in [0.2, 0.25) is 0 Å². The third kappa shape index (κ3) is 2.19. The molecular formula is C9H16N2OS. The quantitative estimate of drug-likeness (QED) is 0.808. The standard InChI is InChI=1S/C9H16N2OS/c1-6(2)8-7(5-12)13-9(10-8)11(3)4/h6,12H,5H2,1-4H3. The summed E-state index contributed by atoms with van der Waals surface area (Å²) in [5.74, 6) is 0.382. The first-order valence-corrected chi connectivity index (χ1v) is 5.15. The Labute approximate surface area is 83.0 Å². The maximum Gasteiger partial charge on any atom is 0.185 e. The molecule has 0 aliphatic carbocycles. The summed E-state index contributed by atoms with van der Waals surface area (Å²) in [7, 11) is 3.92. The number of anilines is 1. The van der Waals surface area contributed by atoms with Crippen LogP contribution >= 0.6 is 11.3 Å². The molecule has 0 saturated carbocycles. The minimum atomic E-state index is 0.0962. The number of nitrogens with zero attached hydrogens (tertiary/aromatic N) is 2. The molecule has 0 unspecified atom stereocenters. The van der Waals surface area contributed by atoms with E-state index in [2.05, 4.69) is 18.8 Å². The van der Waals surface area contributed by atoms with Gasteiger partial charge in [0.1, 0.15) is 0 Å². The summed E-state index contributed by atoms with van der Waals surface area (Å²) in [6, 6.07) is 0. The third-order valence-electron chi connectivity index (χ3n) is 1.79. The molecule has 0 bridgehead atoms. The zero-order valence-corrected chi connectivity index (χ0v) is 9.35. The van der Waals surface area contributed by atoms with Crippen molar-refractivity contribution in [2.24, 2.45) is 0 Å². The van der Waals surface area contributed by atoms with Gasteiger partial charge in [0.25, 0.3) is 0 Å². The van der Waals surface area contributed by atoms with Crippen molar-refractivity contribution in [1.29, 1.82) is 0 Å². The summed E-state index contributed by atoms with van der Waals surface area (Å²) >= 11 is 1.56. The topological polar surface area (TPSA) is 36.4 Å². The fourth-order valence-corrected chi connectivity index (χ4v) is 2.10. The van der Waals surface area contributed by atoms with Crippen LogP contribution < -0.4 is 4.90 Å². The number of rotatable bonds is 3. The van der Waals surface area contributed by atoms with Gasteiger partial charge in [-0.15, -0.1) is 0 Å². The zero-order chi connectivity index (χ0) is 10.0. The minimum Gasteiger partial charge on any atom is -0.391 e. The molecule has 1 N–H and O–H groups in total. The molecule has 0 aliphatic heterocycles. The minimum absolute atomic E-state index is 0.0962. The van der Waals surface area contributed by atoms with E-state index in [-0.39, 0.29) is 6.61 Å². The SMILES string of the molecule is CC(C)c1nc(N(C)C)sc1CO. The fraction of sp³-hybridized carbons (Fsp3) is 0.667. The Morgan fingerprint density at radius 2 is 2.08 bits per heavy atom. The van der Waals surface area contributed by atoms with Crippen LogP contribution in [0.4, 0.5) is 5.13 Å². The van der Waals surface area contributed by atoms with Crippen LogP contribution in [0.5, 0.6) is 0 Å². The first-order chi connectivity index (χ1) is 6.06. The summed E-state index contributed by atoms with van der Waals surface area (Å²) in [5, 5.41) is 10.1. The van der Waals surface area contributed by atoms with Crippen molar-refractivity contribution in [2.75, 3.05) is 19.0 Å². The van der Waals surface area contributed by atoms with Crippen LogP contribution in [0, 0.1) is 0 Å². The summed E-state index contributed by atoms with van der Waals surface area (Å²) in [6.45, 7) is 4.28. The molecule has 4 heteroatoms. The molecule has 0 spiro atoms. The van der Waals surface area contributed by atoms with E-state index in [4.69, 9.17) is 5.11 Å². The Hall–Kier alpha value is -0.610. The molecule has 1 aromatic rings. The average Bonchev–Trinajstić information content (AvgIpc) is 2.47. The smallest absolute Gasteiger partial charge is 0.185 e. The zero-order valence-electron chi connectivity index (χ0n) is 8.53. The van der Waals surface area contributed by atoms with E-state index in [9.17, 15) is 0 Å². The second-order valence-corrected chi connectivity index (χ2v) is 4.57. The number of aliphatic hydroxyl groups excluding tert-OH is 1. The molecule has 0 radical (unpaired) electrons. The van der Waals surface area contributed by atoms with Crippen molar-refractivity contribution < 1.29 is 5.11 Å². The van der Waals surface area contributed by atoms with Crippen molar-refractivity contribution in [3.63, 3.8) is 0 Å². The number of hydrogen-bond donors (Lipinski definition) is 1. The molecule has 1 rings (SSSR count). The average molecular weight is 200 g/mol. The molecule has 1 aromatic heterocycles. The van der Waals surface area contributed by atoms with E-state index in [1.54, 1.807) is 11.3 Å².